The van der Waals surface area contributed by atoms with Gasteiger partial charge in [-0.05, 0) is 19.4 Å². The third-order valence-corrected chi connectivity index (χ3v) is 2.37. The molecule has 10 heavy (non-hydrogen) atoms. The number of rotatable bonds is 1. The van der Waals surface area contributed by atoms with E-state index >= 15 is 0 Å². The first-order valence-electron chi connectivity index (χ1n) is 2.90. The van der Waals surface area contributed by atoms with Crippen LogP contribution in [0.2, 0.25) is 0 Å². The molecule has 0 aliphatic carbocycles. The van der Waals surface area contributed by atoms with E-state index in [-0.39, 0.29) is 5.91 Å². The Hall–Kier alpha value is -0.830. The molecule has 1 heterocycles. The summed E-state index contributed by atoms with van der Waals surface area (Å²) in [6.45, 7) is 3.82. The summed E-state index contributed by atoms with van der Waals surface area (Å²) in [6.07, 6.45) is 0. The summed E-state index contributed by atoms with van der Waals surface area (Å²) in [5.41, 5.74) is 6.55. The summed E-state index contributed by atoms with van der Waals surface area (Å²) in [5, 5.41) is 2.84. The maximum Gasteiger partial charge on any atom is 0.250 e. The second-order valence-corrected chi connectivity index (χ2v) is 3.15. The third-order valence-electron chi connectivity index (χ3n) is 1.46. The summed E-state index contributed by atoms with van der Waals surface area (Å²) in [7, 11) is 0. The SMILES string of the molecule is Cc1s[c]c(C(N)=O)c1C. The van der Waals surface area contributed by atoms with Crippen molar-refractivity contribution in [2.45, 2.75) is 13.8 Å². The lowest BCUT2D eigenvalue weighted by molar-refractivity contribution is 0.1000. The highest BCUT2D eigenvalue weighted by Gasteiger charge is 2.08. The van der Waals surface area contributed by atoms with E-state index < -0.39 is 0 Å². The zero-order chi connectivity index (χ0) is 7.72. The van der Waals surface area contributed by atoms with Crippen molar-refractivity contribution < 1.29 is 4.79 Å². The molecular formula is C7H8NOS. The molecule has 0 aromatic carbocycles. The van der Waals surface area contributed by atoms with Gasteiger partial charge in [-0.15, -0.1) is 11.3 Å². The van der Waals surface area contributed by atoms with E-state index in [9.17, 15) is 4.79 Å². The van der Waals surface area contributed by atoms with Crippen LogP contribution in [-0.2, 0) is 0 Å². The first-order valence-corrected chi connectivity index (χ1v) is 3.72. The molecule has 1 aromatic rings. The number of nitrogens with two attached hydrogens (primary N) is 1. The van der Waals surface area contributed by atoms with Gasteiger partial charge in [-0.25, -0.2) is 0 Å². The first kappa shape index (κ1) is 7.28. The summed E-state index contributed by atoms with van der Waals surface area (Å²) in [4.78, 5) is 11.7. The minimum atomic E-state index is -0.387. The second kappa shape index (κ2) is 2.42. The Morgan fingerprint density at radius 3 is 2.40 bits per heavy atom. The molecule has 2 N–H and O–H groups in total. The van der Waals surface area contributed by atoms with Gasteiger partial charge in [0.2, 0.25) is 5.91 Å². The van der Waals surface area contributed by atoms with Gasteiger partial charge in [-0.3, -0.25) is 4.79 Å². The van der Waals surface area contributed by atoms with Crippen LogP contribution in [-0.4, -0.2) is 5.91 Å². The maximum atomic E-state index is 10.6. The molecule has 0 saturated heterocycles. The molecule has 1 radical (unpaired) electrons. The maximum absolute atomic E-state index is 10.6. The fourth-order valence-corrected chi connectivity index (χ4v) is 1.46. The van der Waals surface area contributed by atoms with Crippen LogP contribution in [0.3, 0.4) is 0 Å². The molecule has 53 valence electrons. The molecule has 2 nitrogen and oxygen atoms in total. The largest absolute Gasteiger partial charge is 0.366 e. The smallest absolute Gasteiger partial charge is 0.250 e. The van der Waals surface area contributed by atoms with Gasteiger partial charge < -0.3 is 5.73 Å². The van der Waals surface area contributed by atoms with Gasteiger partial charge in [0.25, 0.3) is 0 Å². The third kappa shape index (κ3) is 1.04. The second-order valence-electron chi connectivity index (χ2n) is 2.12. The predicted molar refractivity (Wildman–Crippen MR) is 41.1 cm³/mol. The molecule has 0 saturated carbocycles. The molecule has 0 spiro atoms. The normalized spacial score (nSPS) is 9.80. The average molecular weight is 154 g/mol. The van der Waals surface area contributed by atoms with Crippen LogP contribution < -0.4 is 5.73 Å². The van der Waals surface area contributed by atoms with E-state index in [0.29, 0.717) is 5.56 Å². The van der Waals surface area contributed by atoms with E-state index in [0.717, 1.165) is 10.4 Å². The van der Waals surface area contributed by atoms with Crippen molar-refractivity contribution in [2.75, 3.05) is 0 Å². The standard InChI is InChI=1S/C7H8NOS/c1-4-5(2)10-3-6(4)7(8)9/h1-2H3,(H2,8,9). The van der Waals surface area contributed by atoms with Crippen molar-refractivity contribution in [1.29, 1.82) is 0 Å². The molecule has 0 atom stereocenters. The number of aryl methyl sites for hydroxylation is 1. The molecule has 3 heteroatoms. The number of amides is 1. The lowest BCUT2D eigenvalue weighted by Crippen LogP contribution is -2.11. The monoisotopic (exact) mass is 154 g/mol. The van der Waals surface area contributed by atoms with Crippen molar-refractivity contribution in [3.63, 3.8) is 0 Å². The van der Waals surface area contributed by atoms with Gasteiger partial charge in [-0.2, -0.15) is 0 Å². The highest BCUT2D eigenvalue weighted by atomic mass is 32.1. The Bertz CT molecular complexity index is 265. The van der Waals surface area contributed by atoms with Crippen LogP contribution in [0.15, 0.2) is 0 Å². The van der Waals surface area contributed by atoms with E-state index in [2.05, 4.69) is 5.38 Å². The highest BCUT2D eigenvalue weighted by molar-refractivity contribution is 7.09. The lowest BCUT2D eigenvalue weighted by atomic mass is 10.2. The fourth-order valence-electron chi connectivity index (χ4n) is 0.692. The number of carbonyl (C=O) groups excluding carboxylic acids is 1. The Morgan fingerprint density at radius 2 is 2.20 bits per heavy atom. The number of hydrogen-bond acceptors (Lipinski definition) is 2. The number of primary amides is 1. The topological polar surface area (TPSA) is 43.1 Å². The summed E-state index contributed by atoms with van der Waals surface area (Å²) in [6, 6.07) is 0. The van der Waals surface area contributed by atoms with Gasteiger partial charge in [0.05, 0.1) is 10.9 Å². The van der Waals surface area contributed by atoms with Crippen molar-refractivity contribution in [2.24, 2.45) is 5.73 Å². The average Bonchev–Trinajstić information content (AvgIpc) is 2.14. The van der Waals surface area contributed by atoms with Crippen LogP contribution in [0.4, 0.5) is 0 Å². The van der Waals surface area contributed by atoms with Crippen LogP contribution in [0.1, 0.15) is 20.8 Å². The lowest BCUT2D eigenvalue weighted by Gasteiger charge is -1.90. The van der Waals surface area contributed by atoms with Crippen LogP contribution in [0.25, 0.3) is 0 Å². The van der Waals surface area contributed by atoms with Crippen LogP contribution >= 0.6 is 11.3 Å². The van der Waals surface area contributed by atoms with Crippen molar-refractivity contribution in [3.05, 3.63) is 21.4 Å². The Kier molecular flexibility index (Phi) is 1.76. The molecule has 1 amide bonds. The molecule has 0 unspecified atom stereocenters. The zero-order valence-electron chi connectivity index (χ0n) is 5.89. The minimum absolute atomic E-state index is 0.387. The van der Waals surface area contributed by atoms with Crippen LogP contribution in [0, 0.1) is 19.2 Å². The molecule has 0 aliphatic heterocycles. The molecule has 1 rings (SSSR count). The number of carbonyl (C=O) groups is 1. The van der Waals surface area contributed by atoms with Crippen molar-refractivity contribution in [1.82, 2.24) is 0 Å². The Balaban J connectivity index is 3.17. The summed E-state index contributed by atoms with van der Waals surface area (Å²) >= 11 is 1.43. The Labute approximate surface area is 63.7 Å². The minimum Gasteiger partial charge on any atom is -0.366 e. The molecule has 0 fully saturated rings. The van der Waals surface area contributed by atoms with Crippen LogP contribution in [0.5, 0.6) is 0 Å². The van der Waals surface area contributed by atoms with Gasteiger partial charge in [0.15, 0.2) is 0 Å². The zero-order valence-corrected chi connectivity index (χ0v) is 6.71. The van der Waals surface area contributed by atoms with Gasteiger partial charge >= 0.3 is 0 Å². The summed E-state index contributed by atoms with van der Waals surface area (Å²) < 4.78 is 0. The molecule has 0 bridgehead atoms. The van der Waals surface area contributed by atoms with E-state index in [4.69, 9.17) is 5.73 Å². The van der Waals surface area contributed by atoms with E-state index in [1.165, 1.54) is 11.3 Å². The quantitative estimate of drug-likeness (QED) is 0.650. The number of hydrogen-bond donors (Lipinski definition) is 1. The van der Waals surface area contributed by atoms with Crippen molar-refractivity contribution >= 4 is 17.2 Å². The van der Waals surface area contributed by atoms with Crippen molar-refractivity contribution in [3.8, 4) is 0 Å². The molecule has 0 aliphatic rings. The van der Waals surface area contributed by atoms with Gasteiger partial charge in [-0.1, -0.05) is 0 Å². The van der Waals surface area contributed by atoms with E-state index in [1.807, 2.05) is 13.8 Å². The summed E-state index contributed by atoms with van der Waals surface area (Å²) in [5.74, 6) is -0.387. The molecular weight excluding hydrogens is 146 g/mol. The Morgan fingerprint density at radius 1 is 1.60 bits per heavy atom. The highest BCUT2D eigenvalue weighted by Crippen LogP contribution is 2.18. The predicted octanol–water partition coefficient (Wildman–Crippen LogP) is 1.26. The van der Waals surface area contributed by atoms with Gasteiger partial charge in [0, 0.05) is 4.88 Å². The number of thiophene rings is 1. The molecule has 1 aromatic heterocycles. The first-order chi connectivity index (χ1) is 4.63. The fraction of sp³-hybridized carbons (Fsp3) is 0.286. The van der Waals surface area contributed by atoms with E-state index in [1.54, 1.807) is 0 Å². The van der Waals surface area contributed by atoms with Gasteiger partial charge in [0.1, 0.15) is 0 Å².